The van der Waals surface area contributed by atoms with E-state index in [9.17, 15) is 18.0 Å². The van der Waals surface area contributed by atoms with E-state index in [1.54, 1.807) is 37.3 Å². The van der Waals surface area contributed by atoms with Gasteiger partial charge in [-0.1, -0.05) is 19.1 Å². The summed E-state index contributed by atoms with van der Waals surface area (Å²) in [5.74, 6) is -0.529. The van der Waals surface area contributed by atoms with Gasteiger partial charge in [0.05, 0.1) is 16.2 Å². The topological polar surface area (TPSA) is 156 Å². The van der Waals surface area contributed by atoms with Crippen molar-refractivity contribution in [2.24, 2.45) is 0 Å². The quantitative estimate of drug-likeness (QED) is 0.273. The van der Waals surface area contributed by atoms with Crippen LogP contribution in [0.4, 0.5) is 11.6 Å². The van der Waals surface area contributed by atoms with Crippen LogP contribution in [0.15, 0.2) is 71.9 Å². The summed E-state index contributed by atoms with van der Waals surface area (Å²) >= 11 is 0. The molecule has 1 amide bonds. The number of hydrogen-bond donors (Lipinski definition) is 3. The van der Waals surface area contributed by atoms with Crippen molar-refractivity contribution in [1.82, 2.24) is 19.9 Å². The van der Waals surface area contributed by atoms with Gasteiger partial charge in [0.2, 0.25) is 5.95 Å². The molecule has 0 aliphatic heterocycles. The zero-order valence-corrected chi connectivity index (χ0v) is 21.7. The minimum Gasteiger partial charge on any atom is -0.449 e. The minimum absolute atomic E-state index is 0.0373. The Morgan fingerprint density at radius 3 is 2.24 bits per heavy atom. The molecule has 4 aromatic rings. The van der Waals surface area contributed by atoms with Crippen LogP contribution < -0.4 is 10.0 Å². The lowest BCUT2D eigenvalue weighted by Crippen LogP contribution is -2.32. The largest absolute Gasteiger partial charge is 0.449 e. The lowest BCUT2D eigenvalue weighted by molar-refractivity contribution is -0.124. The molecule has 2 aromatic heterocycles. The van der Waals surface area contributed by atoms with Crippen molar-refractivity contribution >= 4 is 33.5 Å². The average Bonchev–Trinajstić information content (AvgIpc) is 3.25. The highest BCUT2D eigenvalue weighted by atomic mass is 32.2. The van der Waals surface area contributed by atoms with Crippen molar-refractivity contribution in [1.29, 1.82) is 0 Å². The molecule has 0 radical (unpaired) electrons. The molecule has 0 saturated heterocycles. The maximum Gasteiger partial charge on any atom is 0.338 e. The third-order valence-corrected chi connectivity index (χ3v) is 7.00. The van der Waals surface area contributed by atoms with Crippen molar-refractivity contribution in [2.45, 2.75) is 38.2 Å². The number of amides is 1. The van der Waals surface area contributed by atoms with E-state index in [0.29, 0.717) is 17.1 Å². The minimum atomic E-state index is -3.91. The van der Waals surface area contributed by atoms with E-state index in [2.05, 4.69) is 30.0 Å². The second-order valence-electron chi connectivity index (χ2n) is 8.37. The highest BCUT2D eigenvalue weighted by molar-refractivity contribution is 7.92. The fourth-order valence-electron chi connectivity index (χ4n) is 3.44. The van der Waals surface area contributed by atoms with Crippen molar-refractivity contribution in [3.05, 3.63) is 83.9 Å². The van der Waals surface area contributed by atoms with E-state index in [1.165, 1.54) is 36.7 Å². The van der Waals surface area contributed by atoms with Gasteiger partial charge in [-0.3, -0.25) is 4.79 Å². The summed E-state index contributed by atoms with van der Waals surface area (Å²) in [5.41, 5.74) is 3.32. The van der Waals surface area contributed by atoms with Crippen LogP contribution in [0.25, 0.3) is 11.4 Å². The van der Waals surface area contributed by atoms with Crippen molar-refractivity contribution in [3.63, 3.8) is 0 Å². The van der Waals surface area contributed by atoms with Crippen LogP contribution in [0.2, 0.25) is 0 Å². The number of ether oxygens (including phenoxy) is 1. The molecule has 3 N–H and O–H groups in total. The molecule has 196 valence electrons. The summed E-state index contributed by atoms with van der Waals surface area (Å²) in [6.07, 6.45) is 2.03. The van der Waals surface area contributed by atoms with Crippen molar-refractivity contribution in [3.8, 4) is 11.4 Å². The first-order valence-electron chi connectivity index (χ1n) is 11.7. The van der Waals surface area contributed by atoms with Gasteiger partial charge < -0.3 is 15.0 Å². The number of esters is 1. The summed E-state index contributed by atoms with van der Waals surface area (Å²) in [6, 6.07) is 13.8. The molecule has 0 spiro atoms. The molecule has 2 heterocycles. The fraction of sp³-hybridized carbons (Fsp3) is 0.192. The number of aromatic nitrogens is 4. The third kappa shape index (κ3) is 6.21. The van der Waals surface area contributed by atoms with E-state index in [0.717, 1.165) is 17.0 Å². The van der Waals surface area contributed by atoms with Crippen LogP contribution in [0.5, 0.6) is 0 Å². The molecule has 1 atom stereocenters. The van der Waals surface area contributed by atoms with Crippen LogP contribution >= 0.6 is 0 Å². The number of benzene rings is 2. The first-order valence-corrected chi connectivity index (χ1v) is 13.2. The first kappa shape index (κ1) is 26.5. The monoisotopic (exact) mass is 534 g/mol. The van der Waals surface area contributed by atoms with E-state index in [1.807, 2.05) is 13.8 Å². The van der Waals surface area contributed by atoms with Gasteiger partial charge >= 0.3 is 5.97 Å². The molecule has 4 rings (SSSR count). The van der Waals surface area contributed by atoms with Crippen LogP contribution in [0.1, 0.15) is 35.1 Å². The Kier molecular flexibility index (Phi) is 7.82. The fourth-order valence-corrected chi connectivity index (χ4v) is 4.40. The molecular weight excluding hydrogens is 508 g/mol. The Morgan fingerprint density at radius 2 is 1.66 bits per heavy atom. The Morgan fingerprint density at radius 1 is 1.00 bits per heavy atom. The number of carbonyl (C=O) groups is 2. The number of hydrogen-bond acceptors (Lipinski definition) is 8. The maximum atomic E-state index is 12.8. The van der Waals surface area contributed by atoms with Gasteiger partial charge in [0.1, 0.15) is 5.82 Å². The zero-order chi connectivity index (χ0) is 27.3. The SMILES string of the molecule is CCC(OC(=O)c1ccc(-c2nc(C)c(C)[nH]2)cc1)C(=O)Nc1ccc(S(=O)(=O)Nc2ncccn2)cc1. The average molecular weight is 535 g/mol. The summed E-state index contributed by atoms with van der Waals surface area (Å²) in [5, 5.41) is 2.65. The van der Waals surface area contributed by atoms with Crippen LogP contribution in [-0.2, 0) is 19.6 Å². The van der Waals surface area contributed by atoms with Gasteiger partial charge in [-0.2, -0.15) is 0 Å². The Bertz CT molecular complexity index is 1520. The second kappa shape index (κ2) is 11.2. The Hall–Kier alpha value is -4.58. The van der Waals surface area contributed by atoms with Crippen LogP contribution in [-0.4, -0.2) is 46.3 Å². The highest BCUT2D eigenvalue weighted by Crippen LogP contribution is 2.20. The molecule has 11 nitrogen and oxygen atoms in total. The lowest BCUT2D eigenvalue weighted by Gasteiger charge is -2.16. The number of sulfonamides is 1. The Labute approximate surface area is 219 Å². The molecule has 0 aliphatic rings. The summed E-state index contributed by atoms with van der Waals surface area (Å²) in [7, 11) is -3.91. The molecule has 0 aliphatic carbocycles. The molecular formula is C26H26N6O5S. The summed E-state index contributed by atoms with van der Waals surface area (Å²) in [4.78, 5) is 40.7. The normalized spacial score (nSPS) is 12.0. The number of aryl methyl sites for hydroxylation is 2. The molecule has 38 heavy (non-hydrogen) atoms. The molecule has 0 fully saturated rings. The van der Waals surface area contributed by atoms with E-state index >= 15 is 0 Å². The predicted molar refractivity (Wildman–Crippen MR) is 141 cm³/mol. The number of carbonyl (C=O) groups excluding carboxylic acids is 2. The number of aromatic amines is 1. The number of nitrogens with zero attached hydrogens (tertiary/aromatic N) is 3. The van der Waals surface area contributed by atoms with Crippen LogP contribution in [0.3, 0.4) is 0 Å². The molecule has 12 heteroatoms. The molecule has 2 aromatic carbocycles. The predicted octanol–water partition coefficient (Wildman–Crippen LogP) is 3.86. The maximum absolute atomic E-state index is 12.8. The standard InChI is InChI=1S/C26H26N6O5S/c1-4-22(37-25(34)19-8-6-18(7-9-19)23-29-16(2)17(3)30-23)24(33)31-20-10-12-21(13-11-20)38(35,36)32-26-27-14-5-15-28-26/h5-15,22H,4H2,1-3H3,(H,29,30)(H,31,33)(H,27,28,32). The molecule has 1 unspecified atom stereocenters. The number of rotatable bonds is 9. The highest BCUT2D eigenvalue weighted by Gasteiger charge is 2.23. The zero-order valence-electron chi connectivity index (χ0n) is 20.9. The third-order valence-electron chi connectivity index (χ3n) is 5.66. The Balaban J connectivity index is 1.37. The first-order chi connectivity index (χ1) is 18.2. The van der Waals surface area contributed by atoms with Crippen LogP contribution in [0, 0.1) is 13.8 Å². The number of anilines is 2. The lowest BCUT2D eigenvalue weighted by atomic mass is 10.1. The molecule has 0 saturated carbocycles. The number of H-pyrrole nitrogens is 1. The summed E-state index contributed by atoms with van der Waals surface area (Å²) in [6.45, 7) is 5.56. The van der Waals surface area contributed by atoms with Gasteiger partial charge in [0.15, 0.2) is 6.10 Å². The second-order valence-corrected chi connectivity index (χ2v) is 10.0. The van der Waals surface area contributed by atoms with E-state index < -0.39 is 28.0 Å². The summed E-state index contributed by atoms with van der Waals surface area (Å²) < 4.78 is 32.8. The van der Waals surface area contributed by atoms with Gasteiger partial charge in [-0.05, 0) is 62.7 Å². The van der Waals surface area contributed by atoms with E-state index in [-0.39, 0.29) is 17.3 Å². The van der Waals surface area contributed by atoms with E-state index in [4.69, 9.17) is 4.74 Å². The number of nitrogens with one attached hydrogen (secondary N) is 3. The van der Waals surface area contributed by atoms with Gasteiger partial charge in [-0.15, -0.1) is 0 Å². The smallest absolute Gasteiger partial charge is 0.338 e. The van der Waals surface area contributed by atoms with Gasteiger partial charge in [-0.25, -0.2) is 32.9 Å². The molecule has 0 bridgehead atoms. The van der Waals surface area contributed by atoms with Crippen molar-refractivity contribution in [2.75, 3.05) is 10.0 Å². The van der Waals surface area contributed by atoms with Crippen molar-refractivity contribution < 1.29 is 22.7 Å². The van der Waals surface area contributed by atoms with Gasteiger partial charge in [0, 0.05) is 29.3 Å². The van der Waals surface area contributed by atoms with Gasteiger partial charge in [0.25, 0.3) is 15.9 Å². The number of imidazole rings is 1.